The summed E-state index contributed by atoms with van der Waals surface area (Å²) in [6.45, 7) is 2.03. The Morgan fingerprint density at radius 3 is 2.32 bits per heavy atom. The molecule has 0 spiro atoms. The summed E-state index contributed by atoms with van der Waals surface area (Å²) in [5.41, 5.74) is 9.53. The highest BCUT2D eigenvalue weighted by Crippen LogP contribution is 2.30. The molecule has 0 bridgehead atoms. The molecular formula is C16H19NO2. The summed E-state index contributed by atoms with van der Waals surface area (Å²) in [6, 6.07) is 13.5. The number of hydrogen-bond donors (Lipinski definition) is 1. The predicted molar refractivity (Wildman–Crippen MR) is 76.8 cm³/mol. The zero-order valence-electron chi connectivity index (χ0n) is 11.5. The molecule has 0 aliphatic rings. The number of aryl methyl sites for hydroxylation is 1. The van der Waals surface area contributed by atoms with Crippen molar-refractivity contribution < 1.29 is 9.47 Å². The third kappa shape index (κ3) is 2.71. The van der Waals surface area contributed by atoms with Gasteiger partial charge in [0.2, 0.25) is 0 Å². The highest BCUT2D eigenvalue weighted by molar-refractivity contribution is 5.45. The van der Waals surface area contributed by atoms with Crippen molar-refractivity contribution in [1.29, 1.82) is 0 Å². The summed E-state index contributed by atoms with van der Waals surface area (Å²) in [6.07, 6.45) is 0. The molecule has 0 aromatic heterocycles. The van der Waals surface area contributed by atoms with Crippen molar-refractivity contribution in [3.63, 3.8) is 0 Å². The average Bonchev–Trinajstić information content (AvgIpc) is 2.46. The van der Waals surface area contributed by atoms with Crippen LogP contribution >= 0.6 is 0 Å². The van der Waals surface area contributed by atoms with Crippen LogP contribution in [0.3, 0.4) is 0 Å². The number of methoxy groups -OCH3 is 2. The lowest BCUT2D eigenvalue weighted by molar-refractivity contribution is 0.407. The van der Waals surface area contributed by atoms with Crippen molar-refractivity contribution in [2.24, 2.45) is 5.73 Å². The molecule has 1 unspecified atom stereocenters. The van der Waals surface area contributed by atoms with E-state index in [1.165, 1.54) is 0 Å². The van der Waals surface area contributed by atoms with Crippen LogP contribution in [-0.2, 0) is 0 Å². The molecule has 0 saturated heterocycles. The van der Waals surface area contributed by atoms with E-state index >= 15 is 0 Å². The summed E-state index contributed by atoms with van der Waals surface area (Å²) in [7, 11) is 3.32. The summed E-state index contributed by atoms with van der Waals surface area (Å²) in [4.78, 5) is 0. The van der Waals surface area contributed by atoms with Gasteiger partial charge in [-0.3, -0.25) is 0 Å². The molecule has 2 aromatic carbocycles. The van der Waals surface area contributed by atoms with Gasteiger partial charge in [-0.25, -0.2) is 0 Å². The Bertz CT molecular complexity index is 566. The fraction of sp³-hybridized carbons (Fsp3) is 0.250. The van der Waals surface area contributed by atoms with Crippen molar-refractivity contribution in [2.45, 2.75) is 13.0 Å². The molecule has 2 N–H and O–H groups in total. The van der Waals surface area contributed by atoms with Gasteiger partial charge in [-0.15, -0.1) is 0 Å². The highest BCUT2D eigenvalue weighted by Gasteiger charge is 2.15. The van der Waals surface area contributed by atoms with E-state index in [1.807, 2.05) is 49.4 Å². The lowest BCUT2D eigenvalue weighted by atomic mass is 9.95. The first-order chi connectivity index (χ1) is 9.17. The van der Waals surface area contributed by atoms with Gasteiger partial charge in [0, 0.05) is 5.56 Å². The fourth-order valence-electron chi connectivity index (χ4n) is 2.21. The monoisotopic (exact) mass is 257 g/mol. The van der Waals surface area contributed by atoms with Crippen molar-refractivity contribution in [3.8, 4) is 11.5 Å². The Labute approximate surface area is 114 Å². The topological polar surface area (TPSA) is 44.5 Å². The Morgan fingerprint density at radius 1 is 0.947 bits per heavy atom. The van der Waals surface area contributed by atoms with E-state index in [-0.39, 0.29) is 6.04 Å². The van der Waals surface area contributed by atoms with Gasteiger partial charge in [0.05, 0.1) is 20.3 Å². The first kappa shape index (κ1) is 13.4. The maximum absolute atomic E-state index is 6.36. The highest BCUT2D eigenvalue weighted by atomic mass is 16.5. The van der Waals surface area contributed by atoms with E-state index in [4.69, 9.17) is 15.2 Å². The van der Waals surface area contributed by atoms with Gasteiger partial charge >= 0.3 is 0 Å². The smallest absolute Gasteiger partial charge is 0.123 e. The van der Waals surface area contributed by atoms with Crippen LogP contribution in [0.4, 0.5) is 0 Å². The van der Waals surface area contributed by atoms with Crippen molar-refractivity contribution >= 4 is 0 Å². The molecule has 19 heavy (non-hydrogen) atoms. The quantitative estimate of drug-likeness (QED) is 0.915. The van der Waals surface area contributed by atoms with Crippen LogP contribution < -0.4 is 15.2 Å². The number of nitrogens with two attached hydrogens (primary N) is 1. The van der Waals surface area contributed by atoms with Crippen LogP contribution in [0.5, 0.6) is 11.5 Å². The van der Waals surface area contributed by atoms with Gasteiger partial charge < -0.3 is 15.2 Å². The van der Waals surface area contributed by atoms with E-state index in [9.17, 15) is 0 Å². The Balaban J connectivity index is 2.41. The van der Waals surface area contributed by atoms with E-state index in [2.05, 4.69) is 0 Å². The van der Waals surface area contributed by atoms with Crippen LogP contribution in [0.1, 0.15) is 22.7 Å². The van der Waals surface area contributed by atoms with Gasteiger partial charge in [-0.2, -0.15) is 0 Å². The Kier molecular flexibility index (Phi) is 4.07. The summed E-state index contributed by atoms with van der Waals surface area (Å²) in [5.74, 6) is 1.65. The first-order valence-corrected chi connectivity index (χ1v) is 6.20. The second-order valence-electron chi connectivity index (χ2n) is 4.44. The maximum atomic E-state index is 6.36. The van der Waals surface area contributed by atoms with Crippen molar-refractivity contribution in [3.05, 3.63) is 59.2 Å². The lowest BCUT2D eigenvalue weighted by Gasteiger charge is -2.18. The van der Waals surface area contributed by atoms with E-state index in [1.54, 1.807) is 14.2 Å². The summed E-state index contributed by atoms with van der Waals surface area (Å²) < 4.78 is 10.6. The maximum Gasteiger partial charge on any atom is 0.123 e. The molecule has 0 heterocycles. The third-order valence-corrected chi connectivity index (χ3v) is 3.29. The van der Waals surface area contributed by atoms with Gasteiger partial charge in [0.1, 0.15) is 11.5 Å². The molecule has 100 valence electrons. The van der Waals surface area contributed by atoms with Crippen LogP contribution in [0.25, 0.3) is 0 Å². The van der Waals surface area contributed by atoms with Gasteiger partial charge in [0.15, 0.2) is 0 Å². The number of hydrogen-bond acceptors (Lipinski definition) is 3. The molecule has 0 fully saturated rings. The molecule has 2 aromatic rings. The van der Waals surface area contributed by atoms with Crippen LogP contribution in [-0.4, -0.2) is 14.2 Å². The summed E-state index contributed by atoms with van der Waals surface area (Å²) >= 11 is 0. The molecular weight excluding hydrogens is 238 g/mol. The normalized spacial score (nSPS) is 12.0. The van der Waals surface area contributed by atoms with E-state index < -0.39 is 0 Å². The number of benzene rings is 2. The Hall–Kier alpha value is -2.00. The second kappa shape index (κ2) is 5.76. The van der Waals surface area contributed by atoms with Gasteiger partial charge in [-0.05, 0) is 36.2 Å². The largest absolute Gasteiger partial charge is 0.497 e. The molecule has 3 heteroatoms. The molecule has 3 nitrogen and oxygen atoms in total. The SMILES string of the molecule is COc1ccc(C(N)c2ccccc2OC)c(C)c1. The number of ether oxygens (including phenoxy) is 2. The minimum absolute atomic E-state index is 0.206. The fourth-order valence-corrected chi connectivity index (χ4v) is 2.21. The minimum atomic E-state index is -0.206. The summed E-state index contributed by atoms with van der Waals surface area (Å²) in [5, 5.41) is 0. The van der Waals surface area contributed by atoms with Crippen molar-refractivity contribution in [2.75, 3.05) is 14.2 Å². The van der Waals surface area contributed by atoms with Crippen LogP contribution in [0.15, 0.2) is 42.5 Å². The minimum Gasteiger partial charge on any atom is -0.497 e. The second-order valence-corrected chi connectivity index (χ2v) is 4.44. The predicted octanol–water partition coefficient (Wildman–Crippen LogP) is 3.06. The van der Waals surface area contributed by atoms with Gasteiger partial charge in [-0.1, -0.05) is 24.3 Å². The van der Waals surface area contributed by atoms with Gasteiger partial charge in [0.25, 0.3) is 0 Å². The molecule has 2 rings (SSSR count). The zero-order valence-corrected chi connectivity index (χ0v) is 11.5. The number of para-hydroxylation sites is 1. The molecule has 0 aliphatic heterocycles. The van der Waals surface area contributed by atoms with E-state index in [0.717, 1.165) is 28.2 Å². The number of rotatable bonds is 4. The molecule has 1 atom stereocenters. The molecule has 0 amide bonds. The van der Waals surface area contributed by atoms with Crippen molar-refractivity contribution in [1.82, 2.24) is 0 Å². The zero-order chi connectivity index (χ0) is 13.8. The molecule has 0 aliphatic carbocycles. The van der Waals surface area contributed by atoms with E-state index in [0.29, 0.717) is 0 Å². The van der Waals surface area contributed by atoms with Crippen LogP contribution in [0.2, 0.25) is 0 Å². The van der Waals surface area contributed by atoms with Crippen LogP contribution in [0, 0.1) is 6.92 Å². The standard InChI is InChI=1S/C16H19NO2/c1-11-10-12(18-2)8-9-13(11)16(17)14-6-4-5-7-15(14)19-3/h4-10,16H,17H2,1-3H3. The third-order valence-electron chi connectivity index (χ3n) is 3.29. The average molecular weight is 257 g/mol. The molecule has 0 radical (unpaired) electrons. The molecule has 0 saturated carbocycles. The lowest BCUT2D eigenvalue weighted by Crippen LogP contribution is -2.14. The Morgan fingerprint density at radius 2 is 1.68 bits per heavy atom. The first-order valence-electron chi connectivity index (χ1n) is 6.20.